The molecule has 1 aromatic carbocycles. The molecule has 3 aromatic heterocycles. The van der Waals surface area contributed by atoms with E-state index in [4.69, 9.17) is 16.6 Å². The van der Waals surface area contributed by atoms with E-state index in [0.717, 1.165) is 46.3 Å². The number of fused-ring (bicyclic) bond motifs is 1. The Morgan fingerprint density at radius 3 is 2.79 bits per heavy atom. The highest BCUT2D eigenvalue weighted by molar-refractivity contribution is 6.30. The van der Waals surface area contributed by atoms with Gasteiger partial charge in [0.25, 0.3) is 0 Å². The zero-order valence-corrected chi connectivity index (χ0v) is 13.6. The first-order chi connectivity index (χ1) is 11.8. The summed E-state index contributed by atoms with van der Waals surface area (Å²) in [6, 6.07) is 7.68. The second-order valence-electron chi connectivity index (χ2n) is 6.26. The minimum atomic E-state index is 0.712. The third kappa shape index (κ3) is 2.30. The summed E-state index contributed by atoms with van der Waals surface area (Å²) in [5, 5.41) is 12.4. The standard InChI is InChI=1S/C17H15ClN6/c18-12-5-3-11(4-6-12)15-13(7-19-23-15)16-21-14-8-20-24(17(14)22-16)9-10-1-2-10/h3-8,10H,1-2,9H2,(H,19,23)(H,21,22). The third-order valence-electron chi connectivity index (χ3n) is 4.44. The van der Waals surface area contributed by atoms with Gasteiger partial charge in [-0.3, -0.25) is 5.10 Å². The summed E-state index contributed by atoms with van der Waals surface area (Å²) >= 11 is 5.98. The molecule has 0 bridgehead atoms. The Hall–Kier alpha value is -2.60. The van der Waals surface area contributed by atoms with Gasteiger partial charge in [0, 0.05) is 17.1 Å². The van der Waals surface area contributed by atoms with Crippen LogP contribution in [0.1, 0.15) is 12.8 Å². The lowest BCUT2D eigenvalue weighted by Gasteiger charge is -2.01. The van der Waals surface area contributed by atoms with Crippen molar-refractivity contribution in [1.29, 1.82) is 0 Å². The van der Waals surface area contributed by atoms with E-state index in [9.17, 15) is 0 Å². The average Bonchev–Trinajstić information content (AvgIpc) is 2.98. The van der Waals surface area contributed by atoms with Crippen LogP contribution in [0, 0.1) is 5.92 Å². The van der Waals surface area contributed by atoms with Crippen LogP contribution in [0.4, 0.5) is 0 Å². The van der Waals surface area contributed by atoms with Crippen molar-refractivity contribution in [3.63, 3.8) is 0 Å². The molecule has 1 saturated carbocycles. The molecule has 6 nitrogen and oxygen atoms in total. The first-order valence-corrected chi connectivity index (χ1v) is 8.37. The number of hydrogen-bond acceptors (Lipinski definition) is 3. The van der Waals surface area contributed by atoms with Crippen LogP contribution in [0.5, 0.6) is 0 Å². The number of imidazole rings is 1. The molecule has 4 aromatic rings. The van der Waals surface area contributed by atoms with Crippen LogP contribution >= 0.6 is 11.6 Å². The maximum absolute atomic E-state index is 5.98. The number of benzene rings is 1. The molecule has 5 rings (SSSR count). The second kappa shape index (κ2) is 5.21. The Bertz CT molecular complexity index is 1010. The van der Waals surface area contributed by atoms with Crippen molar-refractivity contribution in [2.45, 2.75) is 19.4 Å². The SMILES string of the molecule is Clc1ccc(-c2[nH]ncc2-c2nc3c(cnn3CC3CC3)[nH]2)cc1. The van der Waals surface area contributed by atoms with E-state index in [1.54, 1.807) is 6.20 Å². The lowest BCUT2D eigenvalue weighted by Crippen LogP contribution is -2.01. The van der Waals surface area contributed by atoms with Gasteiger partial charge in [-0.15, -0.1) is 0 Å². The first-order valence-electron chi connectivity index (χ1n) is 7.99. The van der Waals surface area contributed by atoms with Crippen molar-refractivity contribution in [3.8, 4) is 22.6 Å². The van der Waals surface area contributed by atoms with Crippen LogP contribution in [0.15, 0.2) is 36.7 Å². The molecule has 1 aliphatic carbocycles. The molecule has 0 spiro atoms. The molecule has 24 heavy (non-hydrogen) atoms. The van der Waals surface area contributed by atoms with Gasteiger partial charge in [-0.05, 0) is 30.9 Å². The van der Waals surface area contributed by atoms with Crippen LogP contribution in [0.3, 0.4) is 0 Å². The van der Waals surface area contributed by atoms with Crippen LogP contribution < -0.4 is 0 Å². The Balaban J connectivity index is 1.57. The number of nitrogens with zero attached hydrogens (tertiary/aromatic N) is 4. The van der Waals surface area contributed by atoms with Crippen molar-refractivity contribution in [3.05, 3.63) is 41.7 Å². The van der Waals surface area contributed by atoms with Gasteiger partial charge in [-0.1, -0.05) is 23.7 Å². The summed E-state index contributed by atoms with van der Waals surface area (Å²) < 4.78 is 2.00. The molecule has 0 atom stereocenters. The molecule has 120 valence electrons. The highest BCUT2D eigenvalue weighted by atomic mass is 35.5. The lowest BCUT2D eigenvalue weighted by molar-refractivity contribution is 0.576. The zero-order valence-electron chi connectivity index (χ0n) is 12.8. The van der Waals surface area contributed by atoms with E-state index in [2.05, 4.69) is 20.3 Å². The third-order valence-corrected chi connectivity index (χ3v) is 4.69. The van der Waals surface area contributed by atoms with Crippen LogP contribution in [0.2, 0.25) is 5.02 Å². The summed E-state index contributed by atoms with van der Waals surface area (Å²) in [6.07, 6.45) is 6.22. The number of rotatable bonds is 4. The fraction of sp³-hybridized carbons (Fsp3) is 0.235. The Labute approximate surface area is 142 Å². The summed E-state index contributed by atoms with van der Waals surface area (Å²) in [5.41, 5.74) is 4.73. The molecule has 1 fully saturated rings. The summed E-state index contributed by atoms with van der Waals surface area (Å²) in [6.45, 7) is 0.948. The van der Waals surface area contributed by atoms with Gasteiger partial charge in [0.05, 0.1) is 23.7 Å². The quantitative estimate of drug-likeness (QED) is 0.593. The fourth-order valence-corrected chi connectivity index (χ4v) is 3.08. The second-order valence-corrected chi connectivity index (χ2v) is 6.69. The highest BCUT2D eigenvalue weighted by Gasteiger charge is 2.24. The van der Waals surface area contributed by atoms with Crippen molar-refractivity contribution >= 4 is 22.8 Å². The number of H-pyrrole nitrogens is 2. The molecule has 0 amide bonds. The summed E-state index contributed by atoms with van der Waals surface area (Å²) in [7, 11) is 0. The average molecular weight is 339 g/mol. The molecular weight excluding hydrogens is 324 g/mol. The molecule has 0 aliphatic heterocycles. The van der Waals surface area contributed by atoms with Gasteiger partial charge >= 0.3 is 0 Å². The minimum absolute atomic E-state index is 0.712. The maximum Gasteiger partial charge on any atom is 0.176 e. The maximum atomic E-state index is 5.98. The van der Waals surface area contributed by atoms with Gasteiger partial charge < -0.3 is 4.98 Å². The molecule has 0 radical (unpaired) electrons. The van der Waals surface area contributed by atoms with Crippen LogP contribution in [0.25, 0.3) is 33.8 Å². The van der Waals surface area contributed by atoms with Gasteiger partial charge in [-0.25, -0.2) is 9.67 Å². The van der Waals surface area contributed by atoms with E-state index < -0.39 is 0 Å². The number of halogens is 1. The van der Waals surface area contributed by atoms with E-state index in [1.807, 2.05) is 35.1 Å². The van der Waals surface area contributed by atoms with E-state index in [1.165, 1.54) is 12.8 Å². The molecule has 2 N–H and O–H groups in total. The number of hydrogen-bond donors (Lipinski definition) is 2. The first kappa shape index (κ1) is 13.8. The van der Waals surface area contributed by atoms with E-state index in [0.29, 0.717) is 5.02 Å². The molecule has 1 aliphatic rings. The zero-order chi connectivity index (χ0) is 16.1. The van der Waals surface area contributed by atoms with Gasteiger partial charge in [0.15, 0.2) is 5.65 Å². The molecule has 0 saturated heterocycles. The Morgan fingerprint density at radius 1 is 1.17 bits per heavy atom. The Kier molecular flexibility index (Phi) is 2.99. The van der Waals surface area contributed by atoms with Crippen molar-refractivity contribution in [2.75, 3.05) is 0 Å². The van der Waals surface area contributed by atoms with E-state index >= 15 is 0 Å². The predicted octanol–water partition coefficient (Wildman–Crippen LogP) is 3.88. The van der Waals surface area contributed by atoms with Crippen molar-refractivity contribution in [1.82, 2.24) is 29.9 Å². The lowest BCUT2D eigenvalue weighted by atomic mass is 10.1. The Morgan fingerprint density at radius 2 is 2.00 bits per heavy atom. The summed E-state index contributed by atoms with van der Waals surface area (Å²) in [4.78, 5) is 8.11. The van der Waals surface area contributed by atoms with Gasteiger partial charge in [0.1, 0.15) is 11.3 Å². The normalized spacial score (nSPS) is 14.5. The molecule has 0 unspecified atom stereocenters. The number of aromatic nitrogens is 6. The fourth-order valence-electron chi connectivity index (χ4n) is 2.95. The molecule has 3 heterocycles. The molecule has 7 heteroatoms. The van der Waals surface area contributed by atoms with Crippen LogP contribution in [-0.4, -0.2) is 29.9 Å². The van der Waals surface area contributed by atoms with Crippen LogP contribution in [-0.2, 0) is 6.54 Å². The van der Waals surface area contributed by atoms with Gasteiger partial charge in [-0.2, -0.15) is 10.2 Å². The minimum Gasteiger partial charge on any atom is -0.335 e. The number of nitrogens with one attached hydrogen (secondary N) is 2. The number of aromatic amines is 2. The smallest absolute Gasteiger partial charge is 0.176 e. The summed E-state index contributed by atoms with van der Waals surface area (Å²) in [5.74, 6) is 1.55. The topological polar surface area (TPSA) is 75.2 Å². The monoisotopic (exact) mass is 338 g/mol. The predicted molar refractivity (Wildman–Crippen MR) is 92.6 cm³/mol. The van der Waals surface area contributed by atoms with Crippen molar-refractivity contribution in [2.24, 2.45) is 5.92 Å². The largest absolute Gasteiger partial charge is 0.335 e. The van der Waals surface area contributed by atoms with E-state index in [-0.39, 0.29) is 0 Å². The highest BCUT2D eigenvalue weighted by Crippen LogP contribution is 2.33. The molecular formula is C17H15ClN6. The van der Waals surface area contributed by atoms with Gasteiger partial charge in [0.2, 0.25) is 0 Å². The van der Waals surface area contributed by atoms with Crippen molar-refractivity contribution < 1.29 is 0 Å².